The quantitative estimate of drug-likeness (QED) is 0.506. The highest BCUT2D eigenvalue weighted by molar-refractivity contribution is 7.10. The van der Waals surface area contributed by atoms with Crippen LogP contribution >= 0.6 is 22.9 Å². The summed E-state index contributed by atoms with van der Waals surface area (Å²) in [6.07, 6.45) is 7.37. The number of fused-ring (bicyclic) bond motifs is 1. The predicted octanol–water partition coefficient (Wildman–Crippen LogP) is 5.34. The van der Waals surface area contributed by atoms with Crippen LogP contribution in [0.2, 0.25) is 5.02 Å². The van der Waals surface area contributed by atoms with Gasteiger partial charge in [0.15, 0.2) is 0 Å². The number of benzene rings is 1. The zero-order valence-corrected chi connectivity index (χ0v) is 20.5. The van der Waals surface area contributed by atoms with Crippen LogP contribution in [-0.4, -0.2) is 47.9 Å². The standard InChI is InChI=1S/C26H31ClN2O3S/c27-20-7-9-21(10-8-20)32-17-23-22-12-14-33-24(22)11-13-29(23)25(30)16-28(15-18-5-6-18)26(31)19-3-1-2-4-19/h7-10,12,14,18-19,23H,1-6,11,13,15-17H2/t23-/m1/s1. The van der Waals surface area contributed by atoms with E-state index in [0.29, 0.717) is 24.1 Å². The Bertz CT molecular complexity index is 982. The first-order chi connectivity index (χ1) is 16.1. The summed E-state index contributed by atoms with van der Waals surface area (Å²) < 4.78 is 6.09. The second kappa shape index (κ2) is 10.1. The molecule has 3 aliphatic rings. The van der Waals surface area contributed by atoms with Crippen LogP contribution < -0.4 is 4.74 Å². The van der Waals surface area contributed by atoms with Crippen molar-refractivity contribution in [3.05, 3.63) is 51.2 Å². The minimum atomic E-state index is -0.146. The van der Waals surface area contributed by atoms with E-state index in [4.69, 9.17) is 16.3 Å². The molecule has 0 spiro atoms. The maximum Gasteiger partial charge on any atom is 0.242 e. The van der Waals surface area contributed by atoms with Gasteiger partial charge in [0, 0.05) is 28.9 Å². The van der Waals surface area contributed by atoms with E-state index in [1.807, 2.05) is 21.9 Å². The van der Waals surface area contributed by atoms with Gasteiger partial charge < -0.3 is 14.5 Å². The number of halogens is 1. The van der Waals surface area contributed by atoms with Gasteiger partial charge in [0.05, 0.1) is 12.6 Å². The molecule has 2 aromatic rings. The first-order valence-electron chi connectivity index (χ1n) is 12.1. The van der Waals surface area contributed by atoms with Gasteiger partial charge in [-0.05, 0) is 79.3 Å². The molecule has 7 heteroatoms. The molecular weight excluding hydrogens is 456 g/mol. The second-order valence-corrected chi connectivity index (χ2v) is 11.0. The van der Waals surface area contributed by atoms with E-state index < -0.39 is 0 Å². The third kappa shape index (κ3) is 5.38. The van der Waals surface area contributed by atoms with Crippen molar-refractivity contribution in [1.82, 2.24) is 9.80 Å². The summed E-state index contributed by atoms with van der Waals surface area (Å²) >= 11 is 7.74. The van der Waals surface area contributed by atoms with Crippen molar-refractivity contribution in [1.29, 1.82) is 0 Å². The van der Waals surface area contributed by atoms with Gasteiger partial charge in [-0.2, -0.15) is 0 Å². The van der Waals surface area contributed by atoms with Gasteiger partial charge in [-0.3, -0.25) is 9.59 Å². The smallest absolute Gasteiger partial charge is 0.242 e. The Morgan fingerprint density at radius 3 is 2.58 bits per heavy atom. The Morgan fingerprint density at radius 2 is 1.85 bits per heavy atom. The van der Waals surface area contributed by atoms with E-state index in [1.165, 1.54) is 23.3 Å². The van der Waals surface area contributed by atoms with Gasteiger partial charge in [0.1, 0.15) is 12.4 Å². The Balaban J connectivity index is 1.30. The van der Waals surface area contributed by atoms with Crippen LogP contribution in [0.25, 0.3) is 0 Å². The fourth-order valence-electron chi connectivity index (χ4n) is 5.11. The van der Waals surface area contributed by atoms with E-state index in [9.17, 15) is 9.59 Å². The number of hydrogen-bond acceptors (Lipinski definition) is 4. The van der Waals surface area contributed by atoms with Crippen LogP contribution in [0.1, 0.15) is 55.0 Å². The molecule has 5 nitrogen and oxygen atoms in total. The predicted molar refractivity (Wildman–Crippen MR) is 131 cm³/mol. The number of hydrogen-bond donors (Lipinski definition) is 0. The average Bonchev–Trinajstić information content (AvgIpc) is 3.27. The van der Waals surface area contributed by atoms with Crippen LogP contribution in [0, 0.1) is 11.8 Å². The number of rotatable bonds is 8. The maximum atomic E-state index is 13.6. The molecule has 0 unspecified atom stereocenters. The Morgan fingerprint density at radius 1 is 1.09 bits per heavy atom. The molecule has 1 aliphatic heterocycles. The van der Waals surface area contributed by atoms with Crippen LogP contribution in [0.4, 0.5) is 0 Å². The molecule has 2 amide bonds. The minimum Gasteiger partial charge on any atom is -0.491 e. The van der Waals surface area contributed by atoms with Crippen molar-refractivity contribution in [2.45, 2.75) is 51.0 Å². The number of carbonyl (C=O) groups excluding carboxylic acids is 2. The molecule has 2 aliphatic carbocycles. The van der Waals surface area contributed by atoms with Crippen LogP contribution in [0.15, 0.2) is 35.7 Å². The lowest BCUT2D eigenvalue weighted by molar-refractivity contribution is -0.145. The number of carbonyl (C=O) groups is 2. The topological polar surface area (TPSA) is 49.9 Å². The first kappa shape index (κ1) is 22.7. The number of amides is 2. The lowest BCUT2D eigenvalue weighted by Gasteiger charge is -2.37. The molecule has 2 saturated carbocycles. The molecule has 176 valence electrons. The zero-order chi connectivity index (χ0) is 22.8. The number of ether oxygens (including phenoxy) is 1. The summed E-state index contributed by atoms with van der Waals surface area (Å²) in [4.78, 5) is 31.9. The van der Waals surface area contributed by atoms with E-state index in [1.54, 1.807) is 23.5 Å². The number of thiophene rings is 1. The van der Waals surface area contributed by atoms with Crippen molar-refractivity contribution in [3.8, 4) is 5.75 Å². The monoisotopic (exact) mass is 486 g/mol. The maximum absolute atomic E-state index is 13.6. The molecule has 0 radical (unpaired) electrons. The molecule has 1 atom stereocenters. The van der Waals surface area contributed by atoms with Gasteiger partial charge in [0.2, 0.25) is 11.8 Å². The van der Waals surface area contributed by atoms with Crippen LogP contribution in [0.5, 0.6) is 5.75 Å². The zero-order valence-electron chi connectivity index (χ0n) is 18.9. The second-order valence-electron chi connectivity index (χ2n) is 9.56. The highest BCUT2D eigenvalue weighted by Crippen LogP contribution is 2.35. The van der Waals surface area contributed by atoms with Crippen LogP contribution in [-0.2, 0) is 16.0 Å². The SMILES string of the molecule is O=C(C1CCCC1)N(CC(=O)N1CCc2sccc2[C@H]1COc1ccc(Cl)cc1)CC1CC1. The van der Waals surface area contributed by atoms with E-state index in [0.717, 1.165) is 44.4 Å². The lowest BCUT2D eigenvalue weighted by atomic mass is 10.00. The molecule has 0 saturated heterocycles. The van der Waals surface area contributed by atoms with Gasteiger partial charge in [-0.25, -0.2) is 0 Å². The number of nitrogens with zero attached hydrogens (tertiary/aromatic N) is 2. The van der Waals surface area contributed by atoms with Crippen molar-refractivity contribution in [2.75, 3.05) is 26.2 Å². The van der Waals surface area contributed by atoms with Crippen molar-refractivity contribution >= 4 is 34.8 Å². The molecule has 1 aromatic carbocycles. The normalized spacial score (nSPS) is 20.5. The summed E-state index contributed by atoms with van der Waals surface area (Å²) in [5.74, 6) is 1.63. The third-order valence-corrected chi connectivity index (χ3v) is 8.40. The first-order valence-corrected chi connectivity index (χ1v) is 13.4. The van der Waals surface area contributed by atoms with Crippen molar-refractivity contribution in [2.24, 2.45) is 11.8 Å². The minimum absolute atomic E-state index is 0.0311. The van der Waals surface area contributed by atoms with E-state index in [-0.39, 0.29) is 30.3 Å². The van der Waals surface area contributed by atoms with Gasteiger partial charge in [-0.1, -0.05) is 24.4 Å². The lowest BCUT2D eigenvalue weighted by Crippen LogP contribution is -2.49. The molecule has 1 aromatic heterocycles. The van der Waals surface area contributed by atoms with Gasteiger partial charge in [0.25, 0.3) is 0 Å². The summed E-state index contributed by atoms with van der Waals surface area (Å²) in [6.45, 7) is 1.96. The summed E-state index contributed by atoms with van der Waals surface area (Å²) in [7, 11) is 0. The molecule has 33 heavy (non-hydrogen) atoms. The van der Waals surface area contributed by atoms with E-state index in [2.05, 4.69) is 11.4 Å². The van der Waals surface area contributed by atoms with Crippen molar-refractivity contribution in [3.63, 3.8) is 0 Å². The van der Waals surface area contributed by atoms with Gasteiger partial charge >= 0.3 is 0 Å². The fraction of sp³-hybridized carbons (Fsp3) is 0.538. The van der Waals surface area contributed by atoms with E-state index >= 15 is 0 Å². The summed E-state index contributed by atoms with van der Waals surface area (Å²) in [5.41, 5.74) is 1.17. The Hall–Kier alpha value is -2.05. The molecular formula is C26H31ClN2O3S. The summed E-state index contributed by atoms with van der Waals surface area (Å²) in [6, 6.07) is 9.28. The molecule has 2 heterocycles. The molecule has 0 N–H and O–H groups in total. The van der Waals surface area contributed by atoms with Crippen molar-refractivity contribution < 1.29 is 14.3 Å². The fourth-order valence-corrected chi connectivity index (χ4v) is 6.16. The highest BCUT2D eigenvalue weighted by Gasteiger charge is 2.36. The Kier molecular flexibility index (Phi) is 6.93. The molecule has 5 rings (SSSR count). The largest absolute Gasteiger partial charge is 0.491 e. The summed E-state index contributed by atoms with van der Waals surface area (Å²) in [5, 5.41) is 2.76. The Labute approximate surface area is 204 Å². The average molecular weight is 487 g/mol. The third-order valence-electron chi connectivity index (χ3n) is 7.15. The molecule has 2 fully saturated rings. The van der Waals surface area contributed by atoms with Gasteiger partial charge in [-0.15, -0.1) is 11.3 Å². The highest BCUT2D eigenvalue weighted by atomic mass is 35.5. The van der Waals surface area contributed by atoms with Crippen LogP contribution in [0.3, 0.4) is 0 Å². The molecule has 0 bridgehead atoms.